The van der Waals surface area contributed by atoms with E-state index in [9.17, 15) is 22.8 Å². The fourth-order valence-corrected chi connectivity index (χ4v) is 1.80. The number of carbonyl (C=O) groups excluding carboxylic acids is 2. The molecule has 0 atom stereocenters. The molecule has 0 aromatic rings. The topological polar surface area (TPSA) is 58.6 Å². The van der Waals surface area contributed by atoms with E-state index in [-0.39, 0.29) is 13.1 Å². The summed E-state index contributed by atoms with van der Waals surface area (Å²) in [5.74, 6) is -2.48. The molecule has 17 heavy (non-hydrogen) atoms. The Balaban J connectivity index is 1.89. The summed E-state index contributed by atoms with van der Waals surface area (Å²) in [6.45, 7) is 1.66. The molecule has 2 aliphatic heterocycles. The standard InChI is InChI=1S/C9H9F3N2O3/c10-9(11,12)7(15)17-8(16)14-3-5-1-13-2-6(5)4-14/h13H,1-4H2. The van der Waals surface area contributed by atoms with Gasteiger partial charge in [-0.3, -0.25) is 4.90 Å². The van der Waals surface area contributed by atoms with Crippen molar-refractivity contribution in [3.8, 4) is 0 Å². The average Bonchev–Trinajstić information content (AvgIpc) is 2.74. The second-order valence-corrected chi connectivity index (χ2v) is 3.82. The summed E-state index contributed by atoms with van der Waals surface area (Å²) in [7, 11) is 0. The molecule has 1 N–H and O–H groups in total. The highest BCUT2D eigenvalue weighted by atomic mass is 19.4. The van der Waals surface area contributed by atoms with Gasteiger partial charge in [0.1, 0.15) is 0 Å². The van der Waals surface area contributed by atoms with E-state index in [0.29, 0.717) is 13.1 Å². The van der Waals surface area contributed by atoms with Gasteiger partial charge in [0.2, 0.25) is 0 Å². The van der Waals surface area contributed by atoms with Gasteiger partial charge in [0.05, 0.1) is 0 Å². The molecule has 0 saturated carbocycles. The minimum atomic E-state index is -5.15. The molecule has 0 aromatic heterocycles. The van der Waals surface area contributed by atoms with Crippen LogP contribution in [0.4, 0.5) is 18.0 Å². The van der Waals surface area contributed by atoms with E-state index in [0.717, 1.165) is 16.0 Å². The Morgan fingerprint density at radius 2 is 1.71 bits per heavy atom. The third kappa shape index (κ3) is 2.41. The quantitative estimate of drug-likeness (QED) is 0.385. The maximum absolute atomic E-state index is 11.9. The Kier molecular flexibility index (Phi) is 2.82. The normalized spacial score (nSPS) is 19.6. The predicted octanol–water partition coefficient (Wildman–Crippen LogP) is 0.427. The SMILES string of the molecule is O=C(OC(=O)C(F)(F)F)N1CC2=C(CNC2)C1. The second kappa shape index (κ2) is 4.02. The fourth-order valence-electron chi connectivity index (χ4n) is 1.80. The van der Waals surface area contributed by atoms with Crippen molar-refractivity contribution in [1.82, 2.24) is 10.2 Å². The van der Waals surface area contributed by atoms with Gasteiger partial charge in [0.25, 0.3) is 0 Å². The lowest BCUT2D eigenvalue weighted by molar-refractivity contribution is -0.193. The van der Waals surface area contributed by atoms with Gasteiger partial charge in [-0.2, -0.15) is 13.2 Å². The summed E-state index contributed by atoms with van der Waals surface area (Å²) in [6.07, 6.45) is -6.39. The van der Waals surface area contributed by atoms with E-state index in [1.54, 1.807) is 0 Å². The van der Waals surface area contributed by atoms with Crippen molar-refractivity contribution in [2.75, 3.05) is 26.2 Å². The summed E-state index contributed by atoms with van der Waals surface area (Å²) in [6, 6.07) is 0. The van der Waals surface area contributed by atoms with Gasteiger partial charge in [0, 0.05) is 26.2 Å². The molecule has 1 amide bonds. The van der Waals surface area contributed by atoms with Crippen LogP contribution in [0.25, 0.3) is 0 Å². The van der Waals surface area contributed by atoms with Gasteiger partial charge in [-0.15, -0.1) is 0 Å². The molecule has 0 aliphatic carbocycles. The Bertz CT molecular complexity index is 387. The molecule has 2 aliphatic rings. The van der Waals surface area contributed by atoms with Crippen LogP contribution in [0.3, 0.4) is 0 Å². The van der Waals surface area contributed by atoms with Crippen LogP contribution >= 0.6 is 0 Å². The first-order valence-corrected chi connectivity index (χ1v) is 4.86. The monoisotopic (exact) mass is 250 g/mol. The average molecular weight is 250 g/mol. The van der Waals surface area contributed by atoms with Crippen molar-refractivity contribution >= 4 is 12.1 Å². The highest BCUT2D eigenvalue weighted by Gasteiger charge is 2.43. The summed E-state index contributed by atoms with van der Waals surface area (Å²) in [5.41, 5.74) is 1.95. The number of nitrogens with one attached hydrogen (secondary N) is 1. The Morgan fingerprint density at radius 3 is 2.18 bits per heavy atom. The Labute approximate surface area is 94.2 Å². The second-order valence-electron chi connectivity index (χ2n) is 3.82. The molecular formula is C9H9F3N2O3. The maximum atomic E-state index is 11.9. The van der Waals surface area contributed by atoms with Crippen LogP contribution in [0.1, 0.15) is 0 Å². The first-order chi connectivity index (χ1) is 7.88. The first-order valence-electron chi connectivity index (χ1n) is 4.86. The number of ether oxygens (including phenoxy) is 1. The maximum Gasteiger partial charge on any atom is 0.491 e. The first kappa shape index (κ1) is 11.9. The Morgan fingerprint density at radius 1 is 1.18 bits per heavy atom. The molecule has 2 rings (SSSR count). The van der Waals surface area contributed by atoms with Crippen molar-refractivity contribution in [2.45, 2.75) is 6.18 Å². The van der Waals surface area contributed by atoms with Crippen LogP contribution in [0.2, 0.25) is 0 Å². The third-order valence-corrected chi connectivity index (χ3v) is 2.61. The van der Waals surface area contributed by atoms with E-state index in [2.05, 4.69) is 10.1 Å². The lowest BCUT2D eigenvalue weighted by Gasteiger charge is -2.17. The molecule has 2 heterocycles. The number of hydrogen-bond donors (Lipinski definition) is 1. The van der Waals surface area contributed by atoms with E-state index in [1.165, 1.54) is 0 Å². The highest BCUT2D eigenvalue weighted by Crippen LogP contribution is 2.22. The van der Waals surface area contributed by atoms with Crippen LogP contribution in [-0.2, 0) is 9.53 Å². The minimum Gasteiger partial charge on any atom is -0.369 e. The molecule has 0 unspecified atom stereocenters. The number of nitrogens with zero attached hydrogens (tertiary/aromatic N) is 1. The molecule has 0 saturated heterocycles. The smallest absolute Gasteiger partial charge is 0.369 e. The summed E-state index contributed by atoms with van der Waals surface area (Å²) in [4.78, 5) is 22.8. The van der Waals surface area contributed by atoms with Gasteiger partial charge in [-0.1, -0.05) is 0 Å². The molecule has 0 aromatic carbocycles. The lowest BCUT2D eigenvalue weighted by atomic mass is 10.2. The van der Waals surface area contributed by atoms with E-state index in [1.807, 2.05) is 0 Å². The predicted molar refractivity (Wildman–Crippen MR) is 49.0 cm³/mol. The molecular weight excluding hydrogens is 241 g/mol. The minimum absolute atomic E-state index is 0.215. The lowest BCUT2D eigenvalue weighted by Crippen LogP contribution is -2.37. The van der Waals surface area contributed by atoms with Gasteiger partial charge >= 0.3 is 18.2 Å². The molecule has 0 bridgehead atoms. The third-order valence-electron chi connectivity index (χ3n) is 2.61. The number of amides is 1. The Hall–Kier alpha value is -1.57. The van der Waals surface area contributed by atoms with Crippen LogP contribution in [0.15, 0.2) is 11.1 Å². The molecule has 94 valence electrons. The zero-order valence-corrected chi connectivity index (χ0v) is 8.63. The summed E-state index contributed by atoms with van der Waals surface area (Å²) < 4.78 is 39.3. The van der Waals surface area contributed by atoms with Crippen molar-refractivity contribution in [3.05, 3.63) is 11.1 Å². The highest BCUT2D eigenvalue weighted by molar-refractivity contribution is 5.88. The van der Waals surface area contributed by atoms with E-state index < -0.39 is 18.2 Å². The summed E-state index contributed by atoms with van der Waals surface area (Å²) >= 11 is 0. The van der Waals surface area contributed by atoms with Gasteiger partial charge < -0.3 is 10.1 Å². The number of halogens is 3. The zero-order chi connectivity index (χ0) is 12.6. The van der Waals surface area contributed by atoms with Crippen LogP contribution in [-0.4, -0.2) is 49.3 Å². The molecule has 5 nitrogen and oxygen atoms in total. The number of carbonyl (C=O) groups is 2. The van der Waals surface area contributed by atoms with E-state index >= 15 is 0 Å². The number of esters is 1. The van der Waals surface area contributed by atoms with Crippen molar-refractivity contribution in [1.29, 1.82) is 0 Å². The molecule has 8 heteroatoms. The van der Waals surface area contributed by atoms with Gasteiger partial charge in [-0.25, -0.2) is 9.59 Å². The molecule has 0 spiro atoms. The molecule has 0 fully saturated rings. The van der Waals surface area contributed by atoms with Crippen molar-refractivity contribution < 1.29 is 27.5 Å². The fraction of sp³-hybridized carbons (Fsp3) is 0.556. The number of alkyl halides is 3. The van der Waals surface area contributed by atoms with Crippen molar-refractivity contribution in [2.24, 2.45) is 0 Å². The number of hydrogen-bond acceptors (Lipinski definition) is 4. The largest absolute Gasteiger partial charge is 0.491 e. The van der Waals surface area contributed by atoms with E-state index in [4.69, 9.17) is 0 Å². The van der Waals surface area contributed by atoms with Gasteiger partial charge in [0.15, 0.2) is 0 Å². The summed E-state index contributed by atoms with van der Waals surface area (Å²) in [5, 5.41) is 3.05. The van der Waals surface area contributed by atoms with Crippen LogP contribution in [0.5, 0.6) is 0 Å². The number of rotatable bonds is 0. The van der Waals surface area contributed by atoms with Crippen LogP contribution < -0.4 is 5.32 Å². The van der Waals surface area contributed by atoms with Crippen molar-refractivity contribution in [3.63, 3.8) is 0 Å². The zero-order valence-electron chi connectivity index (χ0n) is 8.63. The van der Waals surface area contributed by atoms with Gasteiger partial charge in [-0.05, 0) is 11.1 Å². The molecule has 0 radical (unpaired) electrons. The van der Waals surface area contributed by atoms with Crippen LogP contribution in [0, 0.1) is 0 Å².